The van der Waals surface area contributed by atoms with Crippen LogP contribution in [0.1, 0.15) is 59.3 Å². The van der Waals surface area contributed by atoms with Gasteiger partial charge in [-0.25, -0.2) is 0 Å². The topological polar surface area (TPSA) is 66.4 Å². The summed E-state index contributed by atoms with van der Waals surface area (Å²) in [6.45, 7) is 6.59. The van der Waals surface area contributed by atoms with E-state index in [4.69, 9.17) is 5.11 Å². The highest BCUT2D eigenvalue weighted by molar-refractivity contribution is 5.78. The molecule has 0 aliphatic carbocycles. The Morgan fingerprint density at radius 2 is 1.67 bits per heavy atom. The molecule has 1 amide bonds. The van der Waals surface area contributed by atoms with Crippen molar-refractivity contribution >= 4 is 11.9 Å². The zero-order chi connectivity index (χ0) is 14.0. The van der Waals surface area contributed by atoms with Crippen molar-refractivity contribution in [3.8, 4) is 0 Å². The Morgan fingerprint density at radius 3 is 2.06 bits per heavy atom. The first-order valence-electron chi connectivity index (χ1n) is 7.04. The van der Waals surface area contributed by atoms with E-state index < -0.39 is 5.97 Å². The van der Waals surface area contributed by atoms with Crippen LogP contribution >= 0.6 is 0 Å². The fourth-order valence-corrected chi connectivity index (χ4v) is 2.10. The Morgan fingerprint density at radius 1 is 1.11 bits per heavy atom. The zero-order valence-electron chi connectivity index (χ0n) is 11.9. The number of rotatable bonds is 10. The first-order valence-corrected chi connectivity index (χ1v) is 7.04. The Hall–Kier alpha value is -1.06. The molecule has 0 saturated carbocycles. The Labute approximate surface area is 110 Å². The normalized spacial score (nSPS) is 12.4. The monoisotopic (exact) mass is 257 g/mol. The number of amides is 1. The fourth-order valence-electron chi connectivity index (χ4n) is 2.10. The summed E-state index contributed by atoms with van der Waals surface area (Å²) in [7, 11) is 0. The molecule has 4 nitrogen and oxygen atoms in total. The average Bonchev–Trinajstić information content (AvgIpc) is 2.33. The minimum atomic E-state index is -0.797. The Bertz CT molecular complexity index is 247. The second kappa shape index (κ2) is 9.92. The molecule has 2 N–H and O–H groups in total. The smallest absolute Gasteiger partial charge is 0.303 e. The summed E-state index contributed by atoms with van der Waals surface area (Å²) >= 11 is 0. The maximum Gasteiger partial charge on any atom is 0.303 e. The van der Waals surface area contributed by atoms with E-state index in [1.54, 1.807) is 0 Å². The molecule has 0 bridgehead atoms. The minimum Gasteiger partial charge on any atom is -0.481 e. The predicted octanol–water partition coefficient (Wildman–Crippen LogP) is 2.82. The summed E-state index contributed by atoms with van der Waals surface area (Å²) in [5, 5.41) is 11.7. The summed E-state index contributed by atoms with van der Waals surface area (Å²) in [5.41, 5.74) is 0. The number of carbonyl (C=O) groups is 2. The largest absolute Gasteiger partial charge is 0.481 e. The molecule has 0 aliphatic heterocycles. The lowest BCUT2D eigenvalue weighted by Gasteiger charge is -2.18. The molecule has 0 spiro atoms. The lowest BCUT2D eigenvalue weighted by Crippen LogP contribution is -2.35. The van der Waals surface area contributed by atoms with Gasteiger partial charge in [-0.1, -0.05) is 40.0 Å². The molecule has 4 heteroatoms. The number of hydrogen-bond acceptors (Lipinski definition) is 2. The van der Waals surface area contributed by atoms with Gasteiger partial charge in [0.15, 0.2) is 0 Å². The number of aliphatic carboxylic acids is 1. The number of nitrogens with one attached hydrogen (secondary N) is 1. The summed E-state index contributed by atoms with van der Waals surface area (Å²) in [4.78, 5) is 22.6. The average molecular weight is 257 g/mol. The van der Waals surface area contributed by atoms with Crippen molar-refractivity contribution in [2.45, 2.75) is 59.3 Å². The molecule has 0 heterocycles. The van der Waals surface area contributed by atoms with Gasteiger partial charge >= 0.3 is 5.97 Å². The molecule has 106 valence electrons. The van der Waals surface area contributed by atoms with Crippen molar-refractivity contribution < 1.29 is 14.7 Å². The third-order valence-electron chi connectivity index (χ3n) is 3.25. The van der Waals surface area contributed by atoms with Crippen LogP contribution in [-0.4, -0.2) is 23.5 Å². The van der Waals surface area contributed by atoms with Gasteiger partial charge in [0, 0.05) is 18.9 Å². The molecule has 0 aliphatic rings. The Balaban J connectivity index is 4.14. The standard InChI is InChI=1S/C14H27NO3/c1-4-7-12(8-5-2)14(18)15-10-11(6-3)9-13(16)17/h11-12H,4-10H2,1-3H3,(H,15,18)(H,16,17). The fraction of sp³-hybridized carbons (Fsp3) is 0.857. The molecular weight excluding hydrogens is 230 g/mol. The highest BCUT2D eigenvalue weighted by Crippen LogP contribution is 2.14. The molecule has 0 aromatic rings. The summed E-state index contributed by atoms with van der Waals surface area (Å²) in [5.74, 6) is -0.588. The maximum atomic E-state index is 12.0. The number of carboxylic acids is 1. The lowest BCUT2D eigenvalue weighted by molar-refractivity contribution is -0.138. The summed E-state index contributed by atoms with van der Waals surface area (Å²) in [6, 6.07) is 0. The van der Waals surface area contributed by atoms with Crippen molar-refractivity contribution in [2.24, 2.45) is 11.8 Å². The van der Waals surface area contributed by atoms with Crippen LogP contribution in [0.4, 0.5) is 0 Å². The molecule has 0 saturated heterocycles. The van der Waals surface area contributed by atoms with E-state index in [1.165, 1.54) is 0 Å². The molecule has 18 heavy (non-hydrogen) atoms. The van der Waals surface area contributed by atoms with Gasteiger partial charge in [-0.15, -0.1) is 0 Å². The van der Waals surface area contributed by atoms with E-state index in [-0.39, 0.29) is 24.2 Å². The first-order chi connectivity index (χ1) is 8.54. The predicted molar refractivity (Wildman–Crippen MR) is 72.3 cm³/mol. The number of carbonyl (C=O) groups excluding carboxylic acids is 1. The van der Waals surface area contributed by atoms with Gasteiger partial charge in [-0.2, -0.15) is 0 Å². The molecule has 0 rings (SSSR count). The van der Waals surface area contributed by atoms with Gasteiger partial charge in [0.25, 0.3) is 0 Å². The molecular formula is C14H27NO3. The van der Waals surface area contributed by atoms with E-state index >= 15 is 0 Å². The van der Waals surface area contributed by atoms with Crippen molar-refractivity contribution in [3.63, 3.8) is 0 Å². The van der Waals surface area contributed by atoms with Crippen LogP contribution in [0.5, 0.6) is 0 Å². The Kier molecular flexibility index (Phi) is 9.33. The van der Waals surface area contributed by atoms with Crippen LogP contribution in [0.3, 0.4) is 0 Å². The van der Waals surface area contributed by atoms with E-state index in [1.807, 2.05) is 6.92 Å². The third-order valence-corrected chi connectivity index (χ3v) is 3.25. The number of carboxylic acid groups (broad SMARTS) is 1. The van der Waals surface area contributed by atoms with Gasteiger partial charge in [0.05, 0.1) is 0 Å². The second-order valence-corrected chi connectivity index (χ2v) is 4.89. The molecule has 0 fully saturated rings. The summed E-state index contributed by atoms with van der Waals surface area (Å²) < 4.78 is 0. The number of hydrogen-bond donors (Lipinski definition) is 2. The van der Waals surface area contributed by atoms with Crippen LogP contribution in [0.15, 0.2) is 0 Å². The van der Waals surface area contributed by atoms with Crippen molar-refractivity contribution in [2.75, 3.05) is 6.54 Å². The maximum absolute atomic E-state index is 12.0. The molecule has 0 radical (unpaired) electrons. The molecule has 0 aromatic heterocycles. The van der Waals surface area contributed by atoms with Gasteiger partial charge in [0.1, 0.15) is 0 Å². The van der Waals surface area contributed by atoms with E-state index in [0.717, 1.165) is 32.1 Å². The van der Waals surface area contributed by atoms with E-state index in [0.29, 0.717) is 6.54 Å². The van der Waals surface area contributed by atoms with Gasteiger partial charge < -0.3 is 10.4 Å². The van der Waals surface area contributed by atoms with Crippen molar-refractivity contribution in [3.05, 3.63) is 0 Å². The SMILES string of the molecule is CCCC(CCC)C(=O)NCC(CC)CC(=O)O. The van der Waals surface area contributed by atoms with Crippen molar-refractivity contribution in [1.82, 2.24) is 5.32 Å². The van der Waals surface area contributed by atoms with Crippen LogP contribution in [0.2, 0.25) is 0 Å². The minimum absolute atomic E-state index is 0.0374. The van der Waals surface area contributed by atoms with E-state index in [2.05, 4.69) is 19.2 Å². The second-order valence-electron chi connectivity index (χ2n) is 4.89. The highest BCUT2D eigenvalue weighted by Gasteiger charge is 2.18. The zero-order valence-corrected chi connectivity index (χ0v) is 11.9. The van der Waals surface area contributed by atoms with Gasteiger partial charge in [0.2, 0.25) is 5.91 Å². The lowest BCUT2D eigenvalue weighted by atomic mass is 9.96. The molecule has 1 atom stereocenters. The van der Waals surface area contributed by atoms with Crippen LogP contribution in [0.25, 0.3) is 0 Å². The molecule has 0 aromatic carbocycles. The van der Waals surface area contributed by atoms with Gasteiger partial charge in [-0.05, 0) is 18.8 Å². The van der Waals surface area contributed by atoms with Crippen molar-refractivity contribution in [1.29, 1.82) is 0 Å². The van der Waals surface area contributed by atoms with E-state index in [9.17, 15) is 9.59 Å². The van der Waals surface area contributed by atoms with Crippen LogP contribution < -0.4 is 5.32 Å². The van der Waals surface area contributed by atoms with Crippen LogP contribution in [0, 0.1) is 11.8 Å². The molecule has 1 unspecified atom stereocenters. The summed E-state index contributed by atoms with van der Waals surface area (Å²) in [6.07, 6.45) is 4.74. The van der Waals surface area contributed by atoms with Gasteiger partial charge in [-0.3, -0.25) is 9.59 Å². The first kappa shape index (κ1) is 16.9. The quantitative estimate of drug-likeness (QED) is 0.632. The third kappa shape index (κ3) is 7.30. The van der Waals surface area contributed by atoms with Crippen LogP contribution in [-0.2, 0) is 9.59 Å². The highest BCUT2D eigenvalue weighted by atomic mass is 16.4.